The van der Waals surface area contributed by atoms with E-state index in [-0.39, 0.29) is 36.5 Å². The second-order valence-electron chi connectivity index (χ2n) is 9.46. The largest absolute Gasteiger partial charge is 0.331 e. The van der Waals surface area contributed by atoms with Crippen LogP contribution in [-0.2, 0) is 16.0 Å². The summed E-state index contributed by atoms with van der Waals surface area (Å²) in [6, 6.07) is 8.39. The lowest BCUT2D eigenvalue weighted by Gasteiger charge is -2.37. The third kappa shape index (κ3) is 3.03. The smallest absolute Gasteiger partial charge is 0.327 e. The molecule has 5 rings (SSSR count). The zero-order chi connectivity index (χ0) is 20.9. The van der Waals surface area contributed by atoms with Gasteiger partial charge in [0.25, 0.3) is 5.91 Å². The van der Waals surface area contributed by atoms with Gasteiger partial charge in [-0.2, -0.15) is 0 Å². The van der Waals surface area contributed by atoms with Gasteiger partial charge in [0, 0.05) is 13.1 Å². The molecule has 4 aliphatic rings. The van der Waals surface area contributed by atoms with Crippen LogP contribution in [-0.4, -0.2) is 57.7 Å². The molecule has 1 aliphatic heterocycles. The second kappa shape index (κ2) is 7.40. The molecule has 1 unspecified atom stereocenters. The number of carbonyl (C=O) groups is 3. The third-order valence-corrected chi connectivity index (χ3v) is 7.68. The molecule has 1 spiro atoms. The zero-order valence-electron chi connectivity index (χ0n) is 17.8. The summed E-state index contributed by atoms with van der Waals surface area (Å²) in [7, 11) is 1.73. The van der Waals surface area contributed by atoms with Crippen molar-refractivity contribution < 1.29 is 14.4 Å². The van der Waals surface area contributed by atoms with Gasteiger partial charge in [-0.05, 0) is 56.1 Å². The number of likely N-dealkylation sites (N-methyl/N-ethyl adjacent to an activating group) is 1. The molecular formula is C24H31N3O3. The van der Waals surface area contributed by atoms with Crippen LogP contribution in [0.3, 0.4) is 0 Å². The fourth-order valence-electron chi connectivity index (χ4n) is 5.89. The molecule has 1 aromatic carbocycles. The van der Waals surface area contributed by atoms with E-state index < -0.39 is 5.54 Å². The number of rotatable bonds is 4. The van der Waals surface area contributed by atoms with Crippen molar-refractivity contribution in [2.45, 2.75) is 81.8 Å². The predicted octanol–water partition coefficient (Wildman–Crippen LogP) is 3.65. The van der Waals surface area contributed by atoms with Crippen LogP contribution in [0.2, 0.25) is 0 Å². The molecule has 1 atom stereocenters. The quantitative estimate of drug-likeness (QED) is 0.713. The number of carbonyl (C=O) groups excluding carboxylic acids is 3. The topological polar surface area (TPSA) is 60.9 Å². The van der Waals surface area contributed by atoms with Crippen LogP contribution >= 0.6 is 0 Å². The highest BCUT2D eigenvalue weighted by Crippen LogP contribution is 2.42. The Hall–Kier alpha value is -2.37. The summed E-state index contributed by atoms with van der Waals surface area (Å²) < 4.78 is 0. The summed E-state index contributed by atoms with van der Waals surface area (Å²) in [4.78, 5) is 44.7. The number of benzene rings is 1. The summed E-state index contributed by atoms with van der Waals surface area (Å²) in [5, 5.41) is 0. The maximum atomic E-state index is 13.5. The summed E-state index contributed by atoms with van der Waals surface area (Å²) in [5.41, 5.74) is 1.84. The van der Waals surface area contributed by atoms with Gasteiger partial charge < -0.3 is 9.80 Å². The molecule has 0 aromatic heterocycles. The highest BCUT2D eigenvalue weighted by atomic mass is 16.2. The predicted molar refractivity (Wildman–Crippen MR) is 113 cm³/mol. The Morgan fingerprint density at radius 3 is 2.53 bits per heavy atom. The fraction of sp³-hybridized carbons (Fsp3) is 0.625. The molecule has 2 saturated carbocycles. The molecular weight excluding hydrogens is 378 g/mol. The fourth-order valence-corrected chi connectivity index (χ4v) is 5.89. The summed E-state index contributed by atoms with van der Waals surface area (Å²) in [6.45, 7) is -0.126. The van der Waals surface area contributed by atoms with Gasteiger partial charge in [-0.1, -0.05) is 43.5 Å². The average molecular weight is 410 g/mol. The number of nitrogens with zero attached hydrogens (tertiary/aromatic N) is 3. The van der Waals surface area contributed by atoms with Gasteiger partial charge in [0.1, 0.15) is 12.1 Å². The monoisotopic (exact) mass is 409 g/mol. The van der Waals surface area contributed by atoms with Crippen molar-refractivity contribution in [2.24, 2.45) is 0 Å². The normalized spacial score (nSPS) is 25.6. The first kappa shape index (κ1) is 19.6. The first-order chi connectivity index (χ1) is 14.5. The van der Waals surface area contributed by atoms with Crippen LogP contribution in [0.4, 0.5) is 4.79 Å². The minimum absolute atomic E-state index is 0.0594. The summed E-state index contributed by atoms with van der Waals surface area (Å²) in [5.74, 6) is -0.245. The molecule has 30 heavy (non-hydrogen) atoms. The molecule has 6 nitrogen and oxygen atoms in total. The summed E-state index contributed by atoms with van der Waals surface area (Å²) >= 11 is 0. The molecule has 6 heteroatoms. The van der Waals surface area contributed by atoms with Crippen molar-refractivity contribution in [3.63, 3.8) is 0 Å². The van der Waals surface area contributed by atoms with E-state index in [1.165, 1.54) is 16.0 Å². The van der Waals surface area contributed by atoms with Crippen LogP contribution in [0, 0.1) is 0 Å². The second-order valence-corrected chi connectivity index (χ2v) is 9.46. The highest BCUT2D eigenvalue weighted by molar-refractivity contribution is 6.09. The molecule has 160 valence electrons. The van der Waals surface area contributed by atoms with E-state index in [0.29, 0.717) is 12.8 Å². The molecule has 0 radical (unpaired) electrons. The van der Waals surface area contributed by atoms with Crippen molar-refractivity contribution >= 4 is 17.8 Å². The number of urea groups is 1. The van der Waals surface area contributed by atoms with Gasteiger partial charge in [0.15, 0.2) is 0 Å². The Morgan fingerprint density at radius 2 is 1.80 bits per heavy atom. The number of aryl methyl sites for hydroxylation is 1. The molecule has 3 aliphatic carbocycles. The first-order valence-electron chi connectivity index (χ1n) is 11.5. The Kier molecular flexibility index (Phi) is 4.83. The minimum Gasteiger partial charge on any atom is -0.331 e. The van der Waals surface area contributed by atoms with Gasteiger partial charge in [-0.25, -0.2) is 4.79 Å². The SMILES string of the molecule is CN1C(=O)N(CC(=O)N(C2CC2)C2CCCc3ccccc32)C(=O)C12CCCCC2. The van der Waals surface area contributed by atoms with E-state index in [1.807, 2.05) is 11.0 Å². The Bertz CT molecular complexity index is 872. The van der Waals surface area contributed by atoms with E-state index in [2.05, 4.69) is 18.2 Å². The lowest BCUT2D eigenvalue weighted by Crippen LogP contribution is -2.50. The van der Waals surface area contributed by atoms with E-state index in [4.69, 9.17) is 0 Å². The minimum atomic E-state index is -0.725. The van der Waals surface area contributed by atoms with Crippen LogP contribution < -0.4 is 0 Å². The third-order valence-electron chi connectivity index (χ3n) is 7.68. The van der Waals surface area contributed by atoms with Gasteiger partial charge in [0.05, 0.1) is 6.04 Å². The number of amides is 4. The Labute approximate surface area is 178 Å². The van der Waals surface area contributed by atoms with Gasteiger partial charge in [-0.3, -0.25) is 14.5 Å². The van der Waals surface area contributed by atoms with Crippen LogP contribution in [0.15, 0.2) is 24.3 Å². The van der Waals surface area contributed by atoms with Gasteiger partial charge in [-0.15, -0.1) is 0 Å². The Morgan fingerprint density at radius 1 is 1.07 bits per heavy atom. The Balaban J connectivity index is 1.39. The average Bonchev–Trinajstić information content (AvgIpc) is 3.59. The van der Waals surface area contributed by atoms with Crippen LogP contribution in [0.5, 0.6) is 0 Å². The lowest BCUT2D eigenvalue weighted by atomic mass is 9.81. The number of hydrogen-bond donors (Lipinski definition) is 0. The molecule has 1 saturated heterocycles. The van der Waals surface area contributed by atoms with Crippen molar-refractivity contribution in [2.75, 3.05) is 13.6 Å². The number of imide groups is 1. The lowest BCUT2D eigenvalue weighted by molar-refractivity contribution is -0.142. The molecule has 0 N–H and O–H groups in total. The molecule has 4 amide bonds. The molecule has 3 fully saturated rings. The van der Waals surface area contributed by atoms with E-state index in [0.717, 1.165) is 51.4 Å². The molecule has 1 aromatic rings. The van der Waals surface area contributed by atoms with Crippen molar-refractivity contribution in [1.29, 1.82) is 0 Å². The van der Waals surface area contributed by atoms with Gasteiger partial charge in [0.2, 0.25) is 5.91 Å². The van der Waals surface area contributed by atoms with E-state index in [9.17, 15) is 14.4 Å². The molecule has 0 bridgehead atoms. The molecule has 1 heterocycles. The van der Waals surface area contributed by atoms with Gasteiger partial charge >= 0.3 is 6.03 Å². The van der Waals surface area contributed by atoms with E-state index in [1.54, 1.807) is 11.9 Å². The highest BCUT2D eigenvalue weighted by Gasteiger charge is 2.56. The standard InChI is InChI=1S/C24H31N3O3/c1-25-23(30)26(22(29)24(25)14-5-2-6-15-24)16-21(28)27(18-12-13-18)20-11-7-9-17-8-3-4-10-19(17)20/h3-4,8,10,18,20H,2,5-7,9,11-16H2,1H3. The maximum absolute atomic E-state index is 13.5. The number of fused-ring (bicyclic) bond motifs is 1. The first-order valence-corrected chi connectivity index (χ1v) is 11.5. The maximum Gasteiger partial charge on any atom is 0.327 e. The summed E-state index contributed by atoms with van der Waals surface area (Å²) in [6.07, 6.45) is 9.52. The van der Waals surface area contributed by atoms with Crippen LogP contribution in [0.1, 0.15) is 75.0 Å². The zero-order valence-corrected chi connectivity index (χ0v) is 17.8. The van der Waals surface area contributed by atoms with E-state index >= 15 is 0 Å². The van der Waals surface area contributed by atoms with Crippen LogP contribution in [0.25, 0.3) is 0 Å². The number of hydrogen-bond acceptors (Lipinski definition) is 3. The van der Waals surface area contributed by atoms with Crippen molar-refractivity contribution in [3.8, 4) is 0 Å². The van der Waals surface area contributed by atoms with Crippen molar-refractivity contribution in [3.05, 3.63) is 35.4 Å². The van der Waals surface area contributed by atoms with Crippen molar-refractivity contribution in [1.82, 2.24) is 14.7 Å².